The average molecular weight is 246 g/mol. The van der Waals surface area contributed by atoms with E-state index < -0.39 is 0 Å². The molecule has 17 heavy (non-hydrogen) atoms. The highest BCUT2D eigenvalue weighted by Crippen LogP contribution is 2.38. The fourth-order valence-electron chi connectivity index (χ4n) is 1.62. The van der Waals surface area contributed by atoms with E-state index in [2.05, 4.69) is 15.2 Å². The molecule has 3 N–H and O–H groups in total. The Morgan fingerprint density at radius 2 is 2.06 bits per heavy atom. The zero-order valence-corrected chi connectivity index (χ0v) is 10.2. The van der Waals surface area contributed by atoms with Crippen LogP contribution in [0.15, 0.2) is 29.4 Å². The van der Waals surface area contributed by atoms with Gasteiger partial charge in [0.2, 0.25) is 5.16 Å². The summed E-state index contributed by atoms with van der Waals surface area (Å²) >= 11 is 1.65. The molecular formula is C12H14N4S. The van der Waals surface area contributed by atoms with E-state index in [0.29, 0.717) is 5.92 Å². The molecule has 1 saturated carbocycles. The third-order valence-electron chi connectivity index (χ3n) is 2.79. The molecule has 0 atom stereocenters. The lowest BCUT2D eigenvalue weighted by Gasteiger charge is -1.98. The molecule has 1 heterocycles. The lowest BCUT2D eigenvalue weighted by molar-refractivity contribution is 0.932. The van der Waals surface area contributed by atoms with Gasteiger partial charge < -0.3 is 5.73 Å². The van der Waals surface area contributed by atoms with Crippen LogP contribution in [0.3, 0.4) is 0 Å². The predicted octanol–water partition coefficient (Wildman–Crippen LogP) is 2.56. The molecule has 1 aromatic heterocycles. The number of nitrogens with two attached hydrogens (primary N) is 1. The largest absolute Gasteiger partial charge is 0.399 e. The number of benzene rings is 1. The van der Waals surface area contributed by atoms with Gasteiger partial charge in [-0.1, -0.05) is 23.9 Å². The number of hydrogen-bond acceptors (Lipinski definition) is 4. The fraction of sp³-hybridized carbons (Fsp3) is 0.333. The highest BCUT2D eigenvalue weighted by atomic mass is 32.2. The molecule has 3 rings (SSSR count). The van der Waals surface area contributed by atoms with Crippen molar-refractivity contribution in [2.75, 3.05) is 5.73 Å². The maximum Gasteiger partial charge on any atom is 0.208 e. The number of nitrogens with zero attached hydrogens (tertiary/aromatic N) is 2. The zero-order chi connectivity index (χ0) is 11.7. The average Bonchev–Trinajstić information content (AvgIpc) is 3.09. The predicted molar refractivity (Wildman–Crippen MR) is 68.8 cm³/mol. The van der Waals surface area contributed by atoms with Crippen LogP contribution in [0, 0.1) is 0 Å². The zero-order valence-electron chi connectivity index (χ0n) is 9.39. The van der Waals surface area contributed by atoms with Crippen LogP contribution in [-0.2, 0) is 5.75 Å². The van der Waals surface area contributed by atoms with Gasteiger partial charge in [-0.3, -0.25) is 5.10 Å². The minimum atomic E-state index is 0.633. The van der Waals surface area contributed by atoms with Crippen LogP contribution in [0.4, 0.5) is 5.69 Å². The summed E-state index contributed by atoms with van der Waals surface area (Å²) in [5.41, 5.74) is 7.68. The van der Waals surface area contributed by atoms with Crippen molar-refractivity contribution >= 4 is 17.4 Å². The first-order valence-electron chi connectivity index (χ1n) is 5.71. The molecule has 5 heteroatoms. The minimum absolute atomic E-state index is 0.633. The molecular weight excluding hydrogens is 232 g/mol. The molecule has 0 amide bonds. The first-order chi connectivity index (χ1) is 8.31. The molecule has 1 aliphatic rings. The van der Waals surface area contributed by atoms with Crippen molar-refractivity contribution in [3.63, 3.8) is 0 Å². The maximum atomic E-state index is 5.64. The highest BCUT2D eigenvalue weighted by molar-refractivity contribution is 7.98. The molecule has 0 bridgehead atoms. The number of thioether (sulfide) groups is 1. The molecule has 1 fully saturated rings. The smallest absolute Gasteiger partial charge is 0.208 e. The van der Waals surface area contributed by atoms with Crippen LogP contribution in [-0.4, -0.2) is 15.2 Å². The van der Waals surface area contributed by atoms with E-state index in [-0.39, 0.29) is 0 Å². The summed E-state index contributed by atoms with van der Waals surface area (Å²) in [5.74, 6) is 2.56. The Morgan fingerprint density at radius 1 is 1.29 bits per heavy atom. The van der Waals surface area contributed by atoms with Crippen molar-refractivity contribution in [2.45, 2.75) is 29.7 Å². The van der Waals surface area contributed by atoms with Gasteiger partial charge in [0.1, 0.15) is 5.82 Å². The lowest BCUT2D eigenvalue weighted by atomic mass is 10.2. The topological polar surface area (TPSA) is 67.6 Å². The Kier molecular flexibility index (Phi) is 2.76. The number of aromatic amines is 1. The van der Waals surface area contributed by atoms with E-state index in [4.69, 9.17) is 5.73 Å². The van der Waals surface area contributed by atoms with Crippen molar-refractivity contribution in [2.24, 2.45) is 0 Å². The van der Waals surface area contributed by atoms with Gasteiger partial charge in [-0.05, 0) is 30.5 Å². The first-order valence-corrected chi connectivity index (χ1v) is 6.69. The van der Waals surface area contributed by atoms with Gasteiger partial charge in [0.15, 0.2) is 0 Å². The second-order valence-electron chi connectivity index (χ2n) is 4.31. The molecule has 0 aliphatic heterocycles. The van der Waals surface area contributed by atoms with Crippen molar-refractivity contribution < 1.29 is 0 Å². The van der Waals surface area contributed by atoms with Crippen LogP contribution in [0.1, 0.15) is 30.1 Å². The second kappa shape index (κ2) is 4.41. The summed E-state index contributed by atoms with van der Waals surface area (Å²) in [7, 11) is 0. The molecule has 0 radical (unpaired) electrons. The lowest BCUT2D eigenvalue weighted by Crippen LogP contribution is -1.86. The van der Waals surface area contributed by atoms with Gasteiger partial charge in [0.25, 0.3) is 0 Å². The number of hydrogen-bond donors (Lipinski definition) is 2. The van der Waals surface area contributed by atoms with Crippen molar-refractivity contribution in [1.82, 2.24) is 15.2 Å². The van der Waals surface area contributed by atoms with E-state index >= 15 is 0 Å². The monoisotopic (exact) mass is 246 g/mol. The summed E-state index contributed by atoms with van der Waals surface area (Å²) < 4.78 is 0. The third kappa shape index (κ3) is 2.61. The molecule has 4 nitrogen and oxygen atoms in total. The summed E-state index contributed by atoms with van der Waals surface area (Å²) in [5, 5.41) is 8.06. The van der Waals surface area contributed by atoms with E-state index in [1.54, 1.807) is 11.8 Å². The van der Waals surface area contributed by atoms with Crippen LogP contribution < -0.4 is 5.73 Å². The SMILES string of the molecule is Nc1ccc(CSc2n[nH]c(C3CC3)n2)cc1. The van der Waals surface area contributed by atoms with Gasteiger partial charge >= 0.3 is 0 Å². The van der Waals surface area contributed by atoms with Gasteiger partial charge in [0, 0.05) is 17.4 Å². The molecule has 2 aromatic rings. The van der Waals surface area contributed by atoms with Crippen molar-refractivity contribution in [3.8, 4) is 0 Å². The van der Waals surface area contributed by atoms with E-state index in [1.807, 2.05) is 24.3 Å². The summed E-state index contributed by atoms with van der Waals surface area (Å²) in [6, 6.07) is 7.92. The van der Waals surface area contributed by atoms with Crippen molar-refractivity contribution in [3.05, 3.63) is 35.7 Å². The Labute approximate surface area is 104 Å². The van der Waals surface area contributed by atoms with E-state index in [0.717, 1.165) is 22.4 Å². The first kappa shape index (κ1) is 10.7. The van der Waals surface area contributed by atoms with Gasteiger partial charge in [0.05, 0.1) is 0 Å². The van der Waals surface area contributed by atoms with Crippen LogP contribution in [0.5, 0.6) is 0 Å². The number of rotatable bonds is 4. The number of aromatic nitrogens is 3. The highest BCUT2D eigenvalue weighted by Gasteiger charge is 2.27. The van der Waals surface area contributed by atoms with E-state index in [9.17, 15) is 0 Å². The molecule has 1 aromatic carbocycles. The normalized spacial score (nSPS) is 15.1. The Balaban J connectivity index is 1.60. The summed E-state index contributed by atoms with van der Waals surface area (Å²) in [6.45, 7) is 0. The Hall–Kier alpha value is -1.49. The summed E-state index contributed by atoms with van der Waals surface area (Å²) in [4.78, 5) is 4.48. The maximum absolute atomic E-state index is 5.64. The standard InChI is InChI=1S/C12H14N4S/c13-10-5-1-8(2-6-10)7-17-12-14-11(15-16-12)9-3-4-9/h1-2,5-6,9H,3-4,7,13H2,(H,14,15,16). The molecule has 88 valence electrons. The van der Waals surface area contributed by atoms with Crippen LogP contribution >= 0.6 is 11.8 Å². The number of nitrogens with one attached hydrogen (secondary N) is 1. The van der Waals surface area contributed by atoms with Gasteiger partial charge in [-0.25, -0.2) is 4.98 Å². The Bertz CT molecular complexity index is 501. The minimum Gasteiger partial charge on any atom is -0.399 e. The third-order valence-corrected chi connectivity index (χ3v) is 3.71. The number of H-pyrrole nitrogens is 1. The van der Waals surface area contributed by atoms with Gasteiger partial charge in [-0.2, -0.15) is 0 Å². The molecule has 0 unspecified atom stereocenters. The van der Waals surface area contributed by atoms with Crippen LogP contribution in [0.25, 0.3) is 0 Å². The fourth-order valence-corrected chi connectivity index (χ4v) is 2.39. The Morgan fingerprint density at radius 3 is 2.76 bits per heavy atom. The van der Waals surface area contributed by atoms with Crippen LogP contribution in [0.2, 0.25) is 0 Å². The van der Waals surface area contributed by atoms with Gasteiger partial charge in [-0.15, -0.1) is 5.10 Å². The molecule has 1 aliphatic carbocycles. The summed E-state index contributed by atoms with van der Waals surface area (Å²) in [6.07, 6.45) is 2.49. The quantitative estimate of drug-likeness (QED) is 0.642. The second-order valence-corrected chi connectivity index (χ2v) is 5.25. The number of anilines is 1. The van der Waals surface area contributed by atoms with Crippen molar-refractivity contribution in [1.29, 1.82) is 0 Å². The molecule has 0 saturated heterocycles. The molecule has 0 spiro atoms. The number of nitrogen functional groups attached to an aromatic ring is 1. The van der Waals surface area contributed by atoms with E-state index in [1.165, 1.54) is 18.4 Å².